The van der Waals surface area contributed by atoms with Crippen LogP contribution in [0.5, 0.6) is 0 Å². The van der Waals surface area contributed by atoms with Gasteiger partial charge in [0.15, 0.2) is 0 Å². The number of hydrogen-bond donors (Lipinski definition) is 1. The molecule has 3 aliphatic rings. The van der Waals surface area contributed by atoms with Crippen LogP contribution in [0.15, 0.2) is 30.3 Å². The van der Waals surface area contributed by atoms with E-state index in [1.165, 1.54) is 25.7 Å². The zero-order valence-electron chi connectivity index (χ0n) is 17.1. The van der Waals surface area contributed by atoms with E-state index in [4.69, 9.17) is 4.74 Å². The Labute approximate surface area is 172 Å². The number of rotatable bonds is 7. The lowest BCUT2D eigenvalue weighted by molar-refractivity contribution is -0.152. The number of nitrogens with one attached hydrogen (secondary N) is 1. The fourth-order valence-corrected chi connectivity index (χ4v) is 5.51. The van der Waals surface area contributed by atoms with Gasteiger partial charge in [-0.3, -0.25) is 4.79 Å². The summed E-state index contributed by atoms with van der Waals surface area (Å²) < 4.78 is 7.86. The summed E-state index contributed by atoms with van der Waals surface area (Å²) in [5, 5.41) is 12.5. The van der Waals surface area contributed by atoms with Gasteiger partial charge >= 0.3 is 5.97 Å². The Morgan fingerprint density at radius 1 is 1.14 bits per heavy atom. The zero-order chi connectivity index (χ0) is 19.8. The number of carbonyl (C=O) groups is 1. The standard InChI is InChI=1S/C23H30N4O2/c1-27-19(25-26-22(27)16-8-5-9-16)13-24-21-18-11-10-17(12-18)20(21)23(28)29-14-15-6-3-2-4-7-15/h2-4,6-7,16-18,20-21,24H,5,8-14H2,1H3/t17-,18-,20+,21+/m0/s1. The second kappa shape index (κ2) is 7.90. The highest BCUT2D eigenvalue weighted by molar-refractivity contribution is 5.74. The SMILES string of the molecule is Cn1c(CN[C@@H]2[C@H]3CC[C@@H](C3)[C@H]2C(=O)OCc2ccccc2)nnc1C1CCC1. The van der Waals surface area contributed by atoms with Crippen molar-refractivity contribution in [2.75, 3.05) is 0 Å². The van der Waals surface area contributed by atoms with E-state index >= 15 is 0 Å². The van der Waals surface area contributed by atoms with Crippen molar-refractivity contribution in [3.8, 4) is 0 Å². The number of ether oxygens (including phenoxy) is 1. The van der Waals surface area contributed by atoms with Gasteiger partial charge in [0.25, 0.3) is 0 Å². The first-order valence-corrected chi connectivity index (χ1v) is 11.0. The first-order valence-electron chi connectivity index (χ1n) is 11.0. The summed E-state index contributed by atoms with van der Waals surface area (Å²) in [5.41, 5.74) is 1.04. The van der Waals surface area contributed by atoms with E-state index in [1.807, 2.05) is 30.3 Å². The van der Waals surface area contributed by atoms with Crippen LogP contribution in [0.2, 0.25) is 0 Å². The third-order valence-corrected chi connectivity index (χ3v) is 7.38. The summed E-state index contributed by atoms with van der Waals surface area (Å²) in [4.78, 5) is 12.9. The Morgan fingerprint density at radius 3 is 2.69 bits per heavy atom. The van der Waals surface area contributed by atoms with E-state index < -0.39 is 0 Å². The average molecular weight is 395 g/mol. The summed E-state index contributed by atoms with van der Waals surface area (Å²) >= 11 is 0. The lowest BCUT2D eigenvalue weighted by Gasteiger charge is -2.30. The van der Waals surface area contributed by atoms with Crippen molar-refractivity contribution in [3.63, 3.8) is 0 Å². The number of esters is 1. The lowest BCUT2D eigenvalue weighted by Crippen LogP contribution is -2.44. The second-order valence-electron chi connectivity index (χ2n) is 9.02. The van der Waals surface area contributed by atoms with Crippen LogP contribution in [0.1, 0.15) is 61.7 Å². The van der Waals surface area contributed by atoms with Crippen LogP contribution in [0.4, 0.5) is 0 Å². The molecular weight excluding hydrogens is 364 g/mol. The molecule has 6 nitrogen and oxygen atoms in total. The van der Waals surface area contributed by atoms with Crippen LogP contribution in [0.3, 0.4) is 0 Å². The smallest absolute Gasteiger partial charge is 0.311 e. The Hall–Kier alpha value is -2.21. The van der Waals surface area contributed by atoms with Crippen LogP contribution in [0, 0.1) is 17.8 Å². The molecule has 1 aromatic heterocycles. The predicted octanol–water partition coefficient (Wildman–Crippen LogP) is 3.33. The van der Waals surface area contributed by atoms with E-state index in [0.717, 1.165) is 30.1 Å². The van der Waals surface area contributed by atoms with Crippen LogP contribution < -0.4 is 5.32 Å². The molecule has 3 aliphatic carbocycles. The maximum absolute atomic E-state index is 12.9. The minimum Gasteiger partial charge on any atom is -0.461 e. The van der Waals surface area contributed by atoms with Crippen molar-refractivity contribution in [1.29, 1.82) is 0 Å². The third-order valence-electron chi connectivity index (χ3n) is 7.38. The number of fused-ring (bicyclic) bond motifs is 2. The molecule has 1 aromatic carbocycles. The molecule has 5 rings (SSSR count). The number of hydrogen-bond acceptors (Lipinski definition) is 5. The summed E-state index contributed by atoms with van der Waals surface area (Å²) in [5.74, 6) is 3.57. The molecule has 6 heteroatoms. The van der Waals surface area contributed by atoms with Crippen molar-refractivity contribution >= 4 is 5.97 Å². The van der Waals surface area contributed by atoms with E-state index in [0.29, 0.717) is 30.9 Å². The molecule has 3 fully saturated rings. The van der Waals surface area contributed by atoms with Crippen molar-refractivity contribution in [2.24, 2.45) is 24.8 Å². The Balaban J connectivity index is 1.22. The molecule has 1 heterocycles. The molecule has 0 radical (unpaired) electrons. The Kier molecular flexibility index (Phi) is 5.12. The molecular formula is C23H30N4O2. The van der Waals surface area contributed by atoms with Gasteiger partial charge in [-0.15, -0.1) is 10.2 Å². The van der Waals surface area contributed by atoms with E-state index in [1.54, 1.807) is 0 Å². The highest BCUT2D eigenvalue weighted by atomic mass is 16.5. The monoisotopic (exact) mass is 394 g/mol. The van der Waals surface area contributed by atoms with Gasteiger partial charge in [0.1, 0.15) is 18.3 Å². The van der Waals surface area contributed by atoms with E-state index in [-0.39, 0.29) is 17.9 Å². The second-order valence-corrected chi connectivity index (χ2v) is 9.02. The van der Waals surface area contributed by atoms with Gasteiger partial charge in [-0.1, -0.05) is 36.8 Å². The van der Waals surface area contributed by atoms with Crippen LogP contribution in [0.25, 0.3) is 0 Å². The summed E-state index contributed by atoms with van der Waals surface area (Å²) in [6.07, 6.45) is 7.22. The van der Waals surface area contributed by atoms with Crippen molar-refractivity contribution in [1.82, 2.24) is 20.1 Å². The third kappa shape index (κ3) is 3.59. The fourth-order valence-electron chi connectivity index (χ4n) is 5.51. The maximum Gasteiger partial charge on any atom is 0.311 e. The average Bonchev–Trinajstić information content (AvgIpc) is 3.40. The molecule has 0 saturated heterocycles. The number of nitrogens with zero attached hydrogens (tertiary/aromatic N) is 3. The molecule has 0 aliphatic heterocycles. The molecule has 154 valence electrons. The first-order chi connectivity index (χ1) is 14.2. The topological polar surface area (TPSA) is 69.0 Å². The molecule has 29 heavy (non-hydrogen) atoms. The minimum absolute atomic E-state index is 0.0446. The van der Waals surface area contributed by atoms with Gasteiger partial charge < -0.3 is 14.6 Å². The van der Waals surface area contributed by atoms with E-state index in [9.17, 15) is 4.79 Å². The molecule has 3 saturated carbocycles. The maximum atomic E-state index is 12.9. The van der Waals surface area contributed by atoms with Crippen LogP contribution in [-0.2, 0) is 29.7 Å². The van der Waals surface area contributed by atoms with Crippen molar-refractivity contribution in [2.45, 2.75) is 63.6 Å². The molecule has 0 spiro atoms. The van der Waals surface area contributed by atoms with Crippen molar-refractivity contribution in [3.05, 3.63) is 47.5 Å². The van der Waals surface area contributed by atoms with Crippen LogP contribution in [-0.4, -0.2) is 26.8 Å². The first kappa shape index (κ1) is 18.8. The molecule has 4 atom stereocenters. The number of aromatic nitrogens is 3. The molecule has 2 bridgehead atoms. The molecule has 0 amide bonds. The molecule has 2 aromatic rings. The number of carbonyl (C=O) groups excluding carboxylic acids is 1. The normalized spacial score (nSPS) is 28.4. The zero-order valence-corrected chi connectivity index (χ0v) is 17.1. The largest absolute Gasteiger partial charge is 0.461 e. The van der Waals surface area contributed by atoms with Crippen molar-refractivity contribution < 1.29 is 9.53 Å². The van der Waals surface area contributed by atoms with Gasteiger partial charge in [0.05, 0.1) is 12.5 Å². The minimum atomic E-state index is -0.0494. The quantitative estimate of drug-likeness (QED) is 0.730. The molecule has 0 unspecified atom stereocenters. The summed E-state index contributed by atoms with van der Waals surface area (Å²) in [7, 11) is 2.07. The highest BCUT2D eigenvalue weighted by Crippen LogP contribution is 2.49. The van der Waals surface area contributed by atoms with Gasteiger partial charge in [-0.05, 0) is 49.5 Å². The van der Waals surface area contributed by atoms with Gasteiger partial charge in [0, 0.05) is 19.0 Å². The van der Waals surface area contributed by atoms with Crippen LogP contribution >= 0.6 is 0 Å². The molecule has 1 N–H and O–H groups in total. The summed E-state index contributed by atoms with van der Waals surface area (Å²) in [6, 6.07) is 10.1. The van der Waals surface area contributed by atoms with Gasteiger partial charge in [-0.25, -0.2) is 0 Å². The fraction of sp³-hybridized carbons (Fsp3) is 0.609. The number of benzene rings is 1. The lowest BCUT2D eigenvalue weighted by atomic mass is 9.84. The van der Waals surface area contributed by atoms with Gasteiger partial charge in [-0.2, -0.15) is 0 Å². The Morgan fingerprint density at radius 2 is 1.93 bits per heavy atom. The summed E-state index contributed by atoms with van der Waals surface area (Å²) in [6.45, 7) is 1.01. The van der Waals surface area contributed by atoms with Gasteiger partial charge in [0.2, 0.25) is 0 Å². The highest BCUT2D eigenvalue weighted by Gasteiger charge is 2.51. The van der Waals surface area contributed by atoms with E-state index in [2.05, 4.69) is 27.1 Å². The Bertz CT molecular complexity index is 861. The predicted molar refractivity (Wildman–Crippen MR) is 109 cm³/mol.